The molecule has 116 valence electrons. The summed E-state index contributed by atoms with van der Waals surface area (Å²) in [5.74, 6) is 0.0418. The average molecular weight is 325 g/mol. The first-order valence-corrected chi connectivity index (χ1v) is 8.14. The fourth-order valence-corrected chi connectivity index (χ4v) is 3.50. The number of carbonyl (C=O) groups excluding carboxylic acids is 1. The van der Waals surface area contributed by atoms with Crippen LogP contribution in [0, 0.1) is 6.92 Å². The Balaban J connectivity index is 1.69. The second-order valence-electron chi connectivity index (χ2n) is 6.12. The molecule has 2 heterocycles. The predicted octanol–water partition coefficient (Wildman–Crippen LogP) is 4.33. The molecule has 0 saturated heterocycles. The first-order chi connectivity index (χ1) is 11.1. The van der Waals surface area contributed by atoms with Crippen molar-refractivity contribution in [2.75, 3.05) is 6.54 Å². The molecule has 3 nitrogen and oxygen atoms in total. The molecule has 1 aliphatic rings. The van der Waals surface area contributed by atoms with Crippen LogP contribution in [-0.4, -0.2) is 22.3 Å². The number of aromatic nitrogens is 1. The number of rotatable bonds is 1. The van der Waals surface area contributed by atoms with Gasteiger partial charge in [-0.3, -0.25) is 4.79 Å². The number of hydrogen-bond donors (Lipinski definition) is 1. The number of halogens is 1. The molecule has 1 aromatic heterocycles. The van der Waals surface area contributed by atoms with Gasteiger partial charge in [0.1, 0.15) is 0 Å². The van der Waals surface area contributed by atoms with Crippen molar-refractivity contribution < 1.29 is 4.79 Å². The molecule has 0 unspecified atom stereocenters. The van der Waals surface area contributed by atoms with Gasteiger partial charge in [0.15, 0.2) is 0 Å². The Hall–Kier alpha value is -2.26. The molecule has 1 N–H and O–H groups in total. The second-order valence-corrected chi connectivity index (χ2v) is 6.55. The third-order valence-corrected chi connectivity index (χ3v) is 4.72. The van der Waals surface area contributed by atoms with E-state index in [1.807, 2.05) is 17.0 Å². The third-order valence-electron chi connectivity index (χ3n) is 4.49. The predicted molar refractivity (Wildman–Crippen MR) is 92.9 cm³/mol. The maximum atomic E-state index is 12.7. The Bertz CT molecular complexity index is 913. The average Bonchev–Trinajstić information content (AvgIpc) is 2.91. The Kier molecular flexibility index (Phi) is 3.38. The number of aryl methyl sites for hydroxylation is 1. The highest BCUT2D eigenvalue weighted by Crippen LogP contribution is 2.29. The van der Waals surface area contributed by atoms with Crippen LogP contribution in [0.4, 0.5) is 0 Å². The molecule has 3 aromatic rings. The summed E-state index contributed by atoms with van der Waals surface area (Å²) in [5.41, 5.74) is 5.53. The van der Waals surface area contributed by atoms with Crippen molar-refractivity contribution in [3.8, 4) is 0 Å². The van der Waals surface area contributed by atoms with Crippen molar-refractivity contribution in [1.29, 1.82) is 0 Å². The van der Waals surface area contributed by atoms with E-state index in [1.165, 1.54) is 22.2 Å². The molecule has 1 amide bonds. The van der Waals surface area contributed by atoms with Gasteiger partial charge in [-0.05, 0) is 37.3 Å². The van der Waals surface area contributed by atoms with Gasteiger partial charge in [0, 0.05) is 52.3 Å². The highest BCUT2D eigenvalue weighted by atomic mass is 35.5. The fraction of sp³-hybridized carbons (Fsp3) is 0.211. The van der Waals surface area contributed by atoms with Gasteiger partial charge in [-0.15, -0.1) is 0 Å². The van der Waals surface area contributed by atoms with Crippen molar-refractivity contribution in [3.63, 3.8) is 0 Å². The van der Waals surface area contributed by atoms with E-state index < -0.39 is 0 Å². The lowest BCUT2D eigenvalue weighted by atomic mass is 10.0. The number of fused-ring (bicyclic) bond motifs is 3. The Labute approximate surface area is 139 Å². The van der Waals surface area contributed by atoms with Crippen LogP contribution in [0.5, 0.6) is 0 Å². The second kappa shape index (κ2) is 5.43. The van der Waals surface area contributed by atoms with Gasteiger partial charge in [-0.1, -0.05) is 29.3 Å². The van der Waals surface area contributed by atoms with Crippen molar-refractivity contribution in [2.24, 2.45) is 0 Å². The van der Waals surface area contributed by atoms with Crippen LogP contribution >= 0.6 is 11.6 Å². The maximum Gasteiger partial charge on any atom is 0.254 e. The van der Waals surface area contributed by atoms with E-state index in [1.54, 1.807) is 12.1 Å². The number of nitrogens with one attached hydrogen (secondary N) is 1. The summed E-state index contributed by atoms with van der Waals surface area (Å²) in [6.45, 7) is 3.46. The number of aromatic amines is 1. The van der Waals surface area contributed by atoms with Crippen LogP contribution in [0.3, 0.4) is 0 Å². The molecular weight excluding hydrogens is 308 g/mol. The molecule has 0 bridgehead atoms. The van der Waals surface area contributed by atoms with Crippen molar-refractivity contribution in [3.05, 3.63) is 69.9 Å². The minimum absolute atomic E-state index is 0.0418. The van der Waals surface area contributed by atoms with E-state index in [9.17, 15) is 4.79 Å². The standard InChI is InChI=1S/C19H17ClN2O/c1-12-5-6-17-15(9-12)16-11-22(8-7-18(16)21-17)19(23)13-3-2-4-14(20)10-13/h2-6,9-10,21H,7-8,11H2,1H3. The molecule has 4 heteroatoms. The lowest BCUT2D eigenvalue weighted by Crippen LogP contribution is -2.35. The molecule has 4 rings (SSSR count). The molecule has 0 saturated carbocycles. The number of H-pyrrole nitrogens is 1. The molecule has 0 atom stereocenters. The summed E-state index contributed by atoms with van der Waals surface area (Å²) in [6, 6.07) is 13.6. The van der Waals surface area contributed by atoms with Crippen LogP contribution in [0.1, 0.15) is 27.2 Å². The van der Waals surface area contributed by atoms with Gasteiger partial charge in [-0.25, -0.2) is 0 Å². The molecule has 1 aliphatic heterocycles. The molecule has 0 radical (unpaired) electrons. The van der Waals surface area contributed by atoms with Gasteiger partial charge in [0.2, 0.25) is 0 Å². The van der Waals surface area contributed by atoms with Crippen LogP contribution < -0.4 is 0 Å². The number of amides is 1. The van der Waals surface area contributed by atoms with E-state index in [0.717, 1.165) is 18.5 Å². The molecule has 0 spiro atoms. The van der Waals surface area contributed by atoms with Crippen molar-refractivity contribution in [1.82, 2.24) is 9.88 Å². The molecule has 2 aromatic carbocycles. The molecular formula is C19H17ClN2O. The van der Waals surface area contributed by atoms with Gasteiger partial charge < -0.3 is 9.88 Å². The van der Waals surface area contributed by atoms with Gasteiger partial charge in [-0.2, -0.15) is 0 Å². The molecule has 0 fully saturated rings. The van der Waals surface area contributed by atoms with E-state index in [-0.39, 0.29) is 5.91 Å². The third kappa shape index (κ3) is 2.51. The minimum atomic E-state index is 0.0418. The number of nitrogens with zero attached hydrogens (tertiary/aromatic N) is 1. The minimum Gasteiger partial charge on any atom is -0.358 e. The summed E-state index contributed by atoms with van der Waals surface area (Å²) < 4.78 is 0. The van der Waals surface area contributed by atoms with Crippen molar-refractivity contribution >= 4 is 28.4 Å². The van der Waals surface area contributed by atoms with Crippen LogP contribution in [0.15, 0.2) is 42.5 Å². The first-order valence-electron chi connectivity index (χ1n) is 7.77. The zero-order valence-corrected chi connectivity index (χ0v) is 13.7. The Morgan fingerprint density at radius 1 is 1.22 bits per heavy atom. The quantitative estimate of drug-likeness (QED) is 0.710. The number of benzene rings is 2. The Morgan fingerprint density at radius 2 is 2.09 bits per heavy atom. The van der Waals surface area contributed by atoms with Crippen LogP contribution in [-0.2, 0) is 13.0 Å². The highest BCUT2D eigenvalue weighted by Gasteiger charge is 2.24. The summed E-state index contributed by atoms with van der Waals surface area (Å²) >= 11 is 6.01. The zero-order valence-electron chi connectivity index (χ0n) is 12.9. The number of hydrogen-bond acceptors (Lipinski definition) is 1. The fourth-order valence-electron chi connectivity index (χ4n) is 3.31. The van der Waals surface area contributed by atoms with Crippen molar-refractivity contribution in [2.45, 2.75) is 19.9 Å². The van der Waals surface area contributed by atoms with E-state index in [4.69, 9.17) is 11.6 Å². The van der Waals surface area contributed by atoms with E-state index >= 15 is 0 Å². The van der Waals surface area contributed by atoms with Crippen LogP contribution in [0.2, 0.25) is 5.02 Å². The van der Waals surface area contributed by atoms with Gasteiger partial charge >= 0.3 is 0 Å². The highest BCUT2D eigenvalue weighted by molar-refractivity contribution is 6.30. The lowest BCUT2D eigenvalue weighted by Gasteiger charge is -2.27. The molecule has 23 heavy (non-hydrogen) atoms. The topological polar surface area (TPSA) is 36.1 Å². The summed E-state index contributed by atoms with van der Waals surface area (Å²) in [7, 11) is 0. The zero-order chi connectivity index (χ0) is 16.0. The molecule has 0 aliphatic carbocycles. The number of carbonyl (C=O) groups is 1. The van der Waals surface area contributed by atoms with E-state index in [2.05, 4.69) is 30.1 Å². The maximum absolute atomic E-state index is 12.7. The SMILES string of the molecule is Cc1ccc2[nH]c3c(c2c1)CN(C(=O)c1cccc(Cl)c1)CC3. The summed E-state index contributed by atoms with van der Waals surface area (Å²) in [4.78, 5) is 18.1. The lowest BCUT2D eigenvalue weighted by molar-refractivity contribution is 0.0735. The van der Waals surface area contributed by atoms with Gasteiger partial charge in [0.25, 0.3) is 5.91 Å². The van der Waals surface area contributed by atoms with E-state index in [0.29, 0.717) is 17.1 Å². The van der Waals surface area contributed by atoms with Crippen LogP contribution in [0.25, 0.3) is 10.9 Å². The monoisotopic (exact) mass is 324 g/mol. The normalized spacial score (nSPS) is 14.1. The summed E-state index contributed by atoms with van der Waals surface area (Å²) in [5, 5.41) is 1.82. The summed E-state index contributed by atoms with van der Waals surface area (Å²) in [6.07, 6.45) is 0.857. The first kappa shape index (κ1) is 14.3. The van der Waals surface area contributed by atoms with Gasteiger partial charge in [0.05, 0.1) is 0 Å². The largest absolute Gasteiger partial charge is 0.358 e. The Morgan fingerprint density at radius 3 is 2.91 bits per heavy atom. The smallest absolute Gasteiger partial charge is 0.254 e.